The number of rotatable bonds is 6. The van der Waals surface area contributed by atoms with Crippen LogP contribution >= 0.6 is 0 Å². The summed E-state index contributed by atoms with van der Waals surface area (Å²) in [6.07, 6.45) is -5.40. The summed E-state index contributed by atoms with van der Waals surface area (Å²) in [6.45, 7) is 1.53. The van der Waals surface area contributed by atoms with Crippen molar-refractivity contribution in [1.29, 1.82) is 0 Å². The number of alkyl halides is 3. The van der Waals surface area contributed by atoms with Gasteiger partial charge < -0.3 is 15.2 Å². The lowest BCUT2D eigenvalue weighted by Crippen LogP contribution is -2.44. The normalized spacial score (nSPS) is 14.6. The van der Waals surface area contributed by atoms with Crippen molar-refractivity contribution in [2.45, 2.75) is 31.0 Å². The van der Waals surface area contributed by atoms with E-state index >= 15 is 0 Å². The number of hydrogen-bond donors (Lipinski definition) is 2. The minimum atomic E-state index is -4.49. The monoisotopic (exact) mass is 469 g/mol. The fourth-order valence-corrected chi connectivity index (χ4v) is 4.34. The number of alkyl carbamates (subject to hydrolysis) is 1. The van der Waals surface area contributed by atoms with Gasteiger partial charge in [-0.25, -0.2) is 9.59 Å². The molecule has 2 N–H and O–H groups in total. The molecule has 1 aliphatic rings. The second-order valence-electron chi connectivity index (χ2n) is 8.19. The second-order valence-corrected chi connectivity index (χ2v) is 8.19. The van der Waals surface area contributed by atoms with E-state index in [1.165, 1.54) is 19.1 Å². The number of hydrogen-bond acceptors (Lipinski definition) is 3. The van der Waals surface area contributed by atoms with Gasteiger partial charge in [-0.05, 0) is 39.9 Å². The predicted octanol–water partition coefficient (Wildman–Crippen LogP) is 5.80. The SMILES string of the molecule is C[C@H](c1ccc(C(F)(F)F)cc1)[C@H](NC(=O)OCC1c2ccccc2-c2ccccc21)C(=O)O. The first-order valence-electron chi connectivity index (χ1n) is 10.7. The first-order valence-corrected chi connectivity index (χ1v) is 10.7. The topological polar surface area (TPSA) is 75.6 Å². The van der Waals surface area contributed by atoms with E-state index in [-0.39, 0.29) is 12.5 Å². The zero-order valence-electron chi connectivity index (χ0n) is 18.2. The van der Waals surface area contributed by atoms with Crippen LogP contribution in [0.1, 0.15) is 41.0 Å². The van der Waals surface area contributed by atoms with E-state index in [4.69, 9.17) is 4.74 Å². The molecule has 0 aliphatic heterocycles. The van der Waals surface area contributed by atoms with Crippen molar-refractivity contribution >= 4 is 12.1 Å². The zero-order valence-corrected chi connectivity index (χ0v) is 18.2. The zero-order chi connectivity index (χ0) is 24.5. The minimum Gasteiger partial charge on any atom is -0.480 e. The third-order valence-corrected chi connectivity index (χ3v) is 6.15. The molecule has 2 atom stereocenters. The van der Waals surface area contributed by atoms with Gasteiger partial charge in [0, 0.05) is 11.8 Å². The van der Waals surface area contributed by atoms with Gasteiger partial charge in [-0.3, -0.25) is 0 Å². The van der Waals surface area contributed by atoms with Crippen LogP contribution in [0.25, 0.3) is 11.1 Å². The quantitative estimate of drug-likeness (QED) is 0.478. The number of carboxylic acids is 1. The third-order valence-electron chi connectivity index (χ3n) is 6.15. The summed E-state index contributed by atoms with van der Waals surface area (Å²) in [5.41, 5.74) is 3.67. The van der Waals surface area contributed by atoms with Crippen molar-refractivity contribution in [2.75, 3.05) is 6.61 Å². The Kier molecular flexibility index (Phi) is 6.32. The molecule has 0 fully saturated rings. The van der Waals surface area contributed by atoms with Gasteiger partial charge in [0.25, 0.3) is 0 Å². The average molecular weight is 469 g/mol. The number of halogens is 3. The predicted molar refractivity (Wildman–Crippen MR) is 119 cm³/mol. The number of nitrogens with one attached hydrogen (secondary N) is 1. The van der Waals surface area contributed by atoms with E-state index in [0.29, 0.717) is 5.56 Å². The molecule has 4 rings (SSSR count). The molecule has 0 saturated carbocycles. The van der Waals surface area contributed by atoms with Crippen molar-refractivity contribution < 1.29 is 32.6 Å². The van der Waals surface area contributed by atoms with E-state index in [1.807, 2.05) is 48.5 Å². The lowest BCUT2D eigenvalue weighted by atomic mass is 9.92. The smallest absolute Gasteiger partial charge is 0.416 e. The molecule has 0 radical (unpaired) electrons. The molecule has 5 nitrogen and oxygen atoms in total. The second kappa shape index (κ2) is 9.21. The largest absolute Gasteiger partial charge is 0.480 e. The first kappa shape index (κ1) is 23.4. The van der Waals surface area contributed by atoms with Gasteiger partial charge in [0.2, 0.25) is 0 Å². The third kappa shape index (κ3) is 4.62. The number of carboxylic acid groups (broad SMARTS) is 1. The number of carbonyl (C=O) groups excluding carboxylic acids is 1. The molecule has 3 aromatic rings. The molecular formula is C26H22F3NO4. The average Bonchev–Trinajstić information content (AvgIpc) is 3.14. The van der Waals surface area contributed by atoms with Crippen molar-refractivity contribution in [3.63, 3.8) is 0 Å². The summed E-state index contributed by atoms with van der Waals surface area (Å²) in [5.74, 6) is -2.30. The molecule has 0 heterocycles. The molecule has 34 heavy (non-hydrogen) atoms. The van der Waals surface area contributed by atoms with Crippen molar-refractivity contribution in [1.82, 2.24) is 5.32 Å². The van der Waals surface area contributed by atoms with Crippen LogP contribution in [0.15, 0.2) is 72.8 Å². The Bertz CT molecular complexity index is 1160. The summed E-state index contributed by atoms with van der Waals surface area (Å²) < 4.78 is 43.8. The van der Waals surface area contributed by atoms with Crippen LogP contribution in [0.4, 0.5) is 18.0 Å². The molecule has 1 amide bonds. The Morgan fingerprint density at radius 2 is 1.47 bits per heavy atom. The van der Waals surface area contributed by atoms with Gasteiger partial charge in [-0.1, -0.05) is 67.6 Å². The van der Waals surface area contributed by atoms with Crippen LogP contribution in [-0.2, 0) is 15.7 Å². The number of amides is 1. The summed E-state index contributed by atoms with van der Waals surface area (Å²) in [7, 11) is 0. The summed E-state index contributed by atoms with van der Waals surface area (Å²) in [4.78, 5) is 24.3. The fraction of sp³-hybridized carbons (Fsp3) is 0.231. The summed E-state index contributed by atoms with van der Waals surface area (Å²) >= 11 is 0. The van der Waals surface area contributed by atoms with E-state index in [0.717, 1.165) is 34.4 Å². The van der Waals surface area contributed by atoms with Gasteiger partial charge >= 0.3 is 18.2 Å². The number of benzene rings is 3. The lowest BCUT2D eigenvalue weighted by Gasteiger charge is -2.22. The Hall–Kier alpha value is -3.81. The maximum atomic E-state index is 12.8. The first-order chi connectivity index (χ1) is 16.2. The highest BCUT2D eigenvalue weighted by atomic mass is 19.4. The minimum absolute atomic E-state index is 0.0147. The van der Waals surface area contributed by atoms with Gasteiger partial charge in [0.15, 0.2) is 0 Å². The van der Waals surface area contributed by atoms with E-state index in [9.17, 15) is 27.9 Å². The maximum Gasteiger partial charge on any atom is 0.416 e. The van der Waals surface area contributed by atoms with E-state index in [1.54, 1.807) is 0 Å². The highest BCUT2D eigenvalue weighted by Crippen LogP contribution is 2.44. The van der Waals surface area contributed by atoms with Crippen molar-refractivity contribution in [3.05, 3.63) is 95.1 Å². The van der Waals surface area contributed by atoms with Crippen LogP contribution in [0.5, 0.6) is 0 Å². The summed E-state index contributed by atoms with van der Waals surface area (Å²) in [6, 6.07) is 18.4. The molecule has 8 heteroatoms. The van der Waals surface area contributed by atoms with Gasteiger partial charge in [-0.15, -0.1) is 0 Å². The van der Waals surface area contributed by atoms with Crippen LogP contribution in [0, 0.1) is 0 Å². The molecular weight excluding hydrogens is 447 g/mol. The van der Waals surface area contributed by atoms with E-state index in [2.05, 4.69) is 5.32 Å². The maximum absolute atomic E-state index is 12.8. The van der Waals surface area contributed by atoms with Crippen LogP contribution in [0.3, 0.4) is 0 Å². The summed E-state index contributed by atoms with van der Waals surface area (Å²) in [5, 5.41) is 12.0. The van der Waals surface area contributed by atoms with Crippen molar-refractivity contribution in [3.8, 4) is 11.1 Å². The van der Waals surface area contributed by atoms with Gasteiger partial charge in [0.1, 0.15) is 12.6 Å². The molecule has 0 aromatic heterocycles. The molecule has 1 aliphatic carbocycles. The number of ether oxygens (including phenoxy) is 1. The number of fused-ring (bicyclic) bond motifs is 3. The molecule has 176 valence electrons. The number of carbonyl (C=O) groups is 2. The van der Waals surface area contributed by atoms with Crippen molar-refractivity contribution in [2.24, 2.45) is 0 Å². The van der Waals surface area contributed by atoms with Gasteiger partial charge in [0.05, 0.1) is 5.56 Å². The Morgan fingerprint density at radius 3 is 1.97 bits per heavy atom. The highest BCUT2D eigenvalue weighted by molar-refractivity contribution is 5.82. The van der Waals surface area contributed by atoms with E-state index < -0.39 is 35.8 Å². The number of aliphatic carboxylic acids is 1. The van der Waals surface area contributed by atoms with Crippen LogP contribution in [-0.4, -0.2) is 29.8 Å². The highest BCUT2D eigenvalue weighted by Gasteiger charge is 2.33. The Balaban J connectivity index is 1.45. The van der Waals surface area contributed by atoms with Gasteiger partial charge in [-0.2, -0.15) is 13.2 Å². The standard InChI is InChI=1S/C26H22F3NO4/c1-15(16-10-12-17(13-11-16)26(27,28)29)23(24(31)32)30-25(33)34-14-22-20-8-4-2-6-18(20)19-7-3-5-9-21(19)22/h2-13,15,22-23H,14H2,1H3,(H,30,33)(H,31,32)/t15-,23+/m1/s1. The molecule has 3 aromatic carbocycles. The Labute approximate surface area is 194 Å². The molecule has 0 saturated heterocycles. The van der Waals surface area contributed by atoms with Crippen LogP contribution < -0.4 is 5.32 Å². The lowest BCUT2D eigenvalue weighted by molar-refractivity contribution is -0.140. The molecule has 0 bridgehead atoms. The molecule has 0 spiro atoms. The van der Waals surface area contributed by atoms with Crippen LogP contribution in [0.2, 0.25) is 0 Å². The fourth-order valence-electron chi connectivity index (χ4n) is 4.34. The Morgan fingerprint density at radius 1 is 0.941 bits per heavy atom. The molecule has 0 unspecified atom stereocenters.